The fourth-order valence-corrected chi connectivity index (χ4v) is 5.33. The predicted molar refractivity (Wildman–Crippen MR) is 105 cm³/mol. The summed E-state index contributed by atoms with van der Waals surface area (Å²) in [6.45, 7) is 5.03. The van der Waals surface area contributed by atoms with Crippen LogP contribution in [0.15, 0.2) is 16.6 Å². The standard InChI is InChI=1S/C18H20BrN3O3S/c1-3-22-5-4-10-13(8-22)26-18-14(10)17(24)20-16(21-18)11-6-9(19)7-12(25-2)15(11)23/h6-7,16,21,23H,3-5,8H2,1-2H3,(H,20,24)/t16-/m1/s1. The van der Waals surface area contributed by atoms with Crippen LogP contribution in [0.4, 0.5) is 5.00 Å². The molecule has 3 heterocycles. The number of thiophene rings is 1. The van der Waals surface area contributed by atoms with Crippen LogP contribution in [0.25, 0.3) is 0 Å². The van der Waals surface area contributed by atoms with E-state index in [1.807, 2.05) is 0 Å². The number of aromatic hydroxyl groups is 1. The van der Waals surface area contributed by atoms with E-state index in [4.69, 9.17) is 4.74 Å². The Morgan fingerprint density at radius 1 is 1.42 bits per heavy atom. The van der Waals surface area contributed by atoms with Crippen LogP contribution >= 0.6 is 27.3 Å². The Kier molecular flexibility index (Phi) is 4.58. The van der Waals surface area contributed by atoms with E-state index in [1.54, 1.807) is 23.5 Å². The van der Waals surface area contributed by atoms with Gasteiger partial charge in [-0.15, -0.1) is 11.3 Å². The summed E-state index contributed by atoms with van der Waals surface area (Å²) in [6, 6.07) is 3.48. The Hall–Kier alpha value is -1.77. The third-order valence-corrected chi connectivity index (χ3v) is 6.57. The second-order valence-electron chi connectivity index (χ2n) is 6.42. The fraction of sp³-hybridized carbons (Fsp3) is 0.389. The maximum atomic E-state index is 12.8. The van der Waals surface area contributed by atoms with Gasteiger partial charge in [-0.1, -0.05) is 22.9 Å². The van der Waals surface area contributed by atoms with Crippen molar-refractivity contribution < 1.29 is 14.6 Å². The molecular weight excluding hydrogens is 418 g/mol. The summed E-state index contributed by atoms with van der Waals surface area (Å²) in [6.07, 6.45) is 0.383. The molecule has 0 spiro atoms. The highest BCUT2D eigenvalue weighted by Gasteiger charge is 2.34. The van der Waals surface area contributed by atoms with E-state index in [0.717, 1.165) is 46.7 Å². The Morgan fingerprint density at radius 3 is 2.96 bits per heavy atom. The van der Waals surface area contributed by atoms with Crippen LogP contribution < -0.4 is 15.4 Å². The highest BCUT2D eigenvalue weighted by molar-refractivity contribution is 9.10. The number of fused-ring (bicyclic) bond motifs is 3. The first-order valence-corrected chi connectivity index (χ1v) is 10.1. The highest BCUT2D eigenvalue weighted by Crippen LogP contribution is 2.43. The SMILES string of the molecule is CCN1CCc2c(sc3c2C(=O)N[C@@H](c2cc(Br)cc(OC)c2O)N3)C1. The molecule has 1 aromatic carbocycles. The van der Waals surface area contributed by atoms with E-state index in [9.17, 15) is 9.90 Å². The molecular formula is C18H20BrN3O3S. The van der Waals surface area contributed by atoms with Gasteiger partial charge in [-0.2, -0.15) is 0 Å². The van der Waals surface area contributed by atoms with Gasteiger partial charge < -0.3 is 20.5 Å². The van der Waals surface area contributed by atoms with E-state index in [0.29, 0.717) is 11.3 Å². The van der Waals surface area contributed by atoms with Crippen molar-refractivity contribution in [3.05, 3.63) is 38.2 Å². The third-order valence-electron chi connectivity index (χ3n) is 4.96. The van der Waals surface area contributed by atoms with E-state index in [1.165, 1.54) is 12.0 Å². The molecule has 1 atom stereocenters. The number of anilines is 1. The van der Waals surface area contributed by atoms with Crippen molar-refractivity contribution >= 4 is 38.2 Å². The Balaban J connectivity index is 1.71. The number of hydrogen-bond acceptors (Lipinski definition) is 6. The van der Waals surface area contributed by atoms with Crippen LogP contribution in [-0.4, -0.2) is 36.1 Å². The molecule has 1 aromatic heterocycles. The zero-order chi connectivity index (χ0) is 18.4. The number of phenolic OH excluding ortho intramolecular Hbond substituents is 1. The number of rotatable bonds is 3. The quantitative estimate of drug-likeness (QED) is 0.685. The van der Waals surface area contributed by atoms with Crippen LogP contribution in [0.3, 0.4) is 0 Å². The number of methoxy groups -OCH3 is 1. The van der Waals surface area contributed by atoms with Gasteiger partial charge in [0.2, 0.25) is 0 Å². The molecule has 6 nitrogen and oxygen atoms in total. The molecule has 8 heteroatoms. The Morgan fingerprint density at radius 2 is 2.23 bits per heavy atom. The minimum Gasteiger partial charge on any atom is -0.504 e. The number of carbonyl (C=O) groups is 1. The number of amides is 1. The topological polar surface area (TPSA) is 73.8 Å². The van der Waals surface area contributed by atoms with Crippen molar-refractivity contribution in [2.24, 2.45) is 0 Å². The van der Waals surface area contributed by atoms with Crippen molar-refractivity contribution in [3.63, 3.8) is 0 Å². The first-order valence-electron chi connectivity index (χ1n) is 8.52. The molecule has 1 amide bonds. The van der Waals surface area contributed by atoms with Gasteiger partial charge in [0.05, 0.1) is 12.7 Å². The lowest BCUT2D eigenvalue weighted by Gasteiger charge is -2.28. The Labute approximate surface area is 164 Å². The molecule has 138 valence electrons. The second kappa shape index (κ2) is 6.75. The zero-order valence-corrected chi connectivity index (χ0v) is 17.0. The largest absolute Gasteiger partial charge is 0.504 e. The maximum absolute atomic E-state index is 12.8. The minimum atomic E-state index is -0.510. The maximum Gasteiger partial charge on any atom is 0.256 e. The summed E-state index contributed by atoms with van der Waals surface area (Å²) < 4.78 is 5.99. The number of halogens is 1. The molecule has 0 saturated heterocycles. The van der Waals surface area contributed by atoms with Gasteiger partial charge in [-0.3, -0.25) is 9.69 Å². The Bertz CT molecular complexity index is 883. The molecule has 0 unspecified atom stereocenters. The summed E-state index contributed by atoms with van der Waals surface area (Å²) in [7, 11) is 1.50. The van der Waals surface area contributed by atoms with Crippen molar-refractivity contribution in [1.29, 1.82) is 0 Å². The molecule has 0 fully saturated rings. The molecule has 2 aliphatic heterocycles. The summed E-state index contributed by atoms with van der Waals surface area (Å²) in [5.74, 6) is 0.292. The number of ether oxygens (including phenoxy) is 1. The lowest BCUT2D eigenvalue weighted by Crippen LogP contribution is -2.39. The van der Waals surface area contributed by atoms with Gasteiger partial charge in [-0.25, -0.2) is 0 Å². The van der Waals surface area contributed by atoms with Crippen LogP contribution in [0.2, 0.25) is 0 Å². The van der Waals surface area contributed by atoms with Gasteiger partial charge in [0.15, 0.2) is 11.5 Å². The third kappa shape index (κ3) is 2.86. The van der Waals surface area contributed by atoms with Crippen molar-refractivity contribution in [2.75, 3.05) is 25.5 Å². The predicted octanol–water partition coefficient (Wildman–Crippen LogP) is 3.46. The first kappa shape index (κ1) is 17.6. The first-order chi connectivity index (χ1) is 12.5. The molecule has 2 aromatic rings. The average molecular weight is 438 g/mol. The van der Waals surface area contributed by atoms with E-state index >= 15 is 0 Å². The molecule has 3 N–H and O–H groups in total. The minimum absolute atomic E-state index is 0.0235. The van der Waals surface area contributed by atoms with Gasteiger partial charge in [-0.05, 0) is 30.7 Å². The lowest BCUT2D eigenvalue weighted by molar-refractivity contribution is 0.0934. The molecule has 26 heavy (non-hydrogen) atoms. The molecule has 0 saturated carbocycles. The van der Waals surface area contributed by atoms with Crippen molar-refractivity contribution in [1.82, 2.24) is 10.2 Å². The molecule has 0 aliphatic carbocycles. The van der Waals surface area contributed by atoms with Crippen molar-refractivity contribution in [3.8, 4) is 11.5 Å². The van der Waals surface area contributed by atoms with Crippen LogP contribution in [-0.2, 0) is 13.0 Å². The highest BCUT2D eigenvalue weighted by atomic mass is 79.9. The lowest BCUT2D eigenvalue weighted by atomic mass is 10.00. The summed E-state index contributed by atoms with van der Waals surface area (Å²) >= 11 is 5.07. The van der Waals surface area contributed by atoms with E-state index in [-0.39, 0.29) is 11.7 Å². The smallest absolute Gasteiger partial charge is 0.256 e. The summed E-state index contributed by atoms with van der Waals surface area (Å²) in [5.41, 5.74) is 2.49. The van der Waals surface area contributed by atoms with Crippen molar-refractivity contribution in [2.45, 2.75) is 26.1 Å². The number of phenols is 1. The van der Waals surface area contributed by atoms with Crippen LogP contribution in [0, 0.1) is 0 Å². The molecule has 0 radical (unpaired) electrons. The fourth-order valence-electron chi connectivity index (χ4n) is 3.56. The zero-order valence-electron chi connectivity index (χ0n) is 14.6. The van der Waals surface area contributed by atoms with Crippen LogP contribution in [0.1, 0.15) is 39.5 Å². The number of carbonyl (C=O) groups excluding carboxylic acids is 1. The van der Waals surface area contributed by atoms with Crippen LogP contribution in [0.5, 0.6) is 11.5 Å². The number of nitrogens with zero attached hydrogens (tertiary/aromatic N) is 1. The molecule has 0 bridgehead atoms. The number of benzene rings is 1. The van der Waals surface area contributed by atoms with E-state index < -0.39 is 6.17 Å². The summed E-state index contributed by atoms with van der Waals surface area (Å²) in [5, 5.41) is 17.7. The van der Waals surface area contributed by atoms with E-state index in [2.05, 4.69) is 38.4 Å². The second-order valence-corrected chi connectivity index (χ2v) is 8.44. The van der Waals surface area contributed by atoms with Gasteiger partial charge in [0.1, 0.15) is 11.2 Å². The molecule has 2 aliphatic rings. The average Bonchev–Trinajstić information content (AvgIpc) is 3.00. The summed E-state index contributed by atoms with van der Waals surface area (Å²) in [4.78, 5) is 16.5. The molecule has 4 rings (SSSR count). The van der Waals surface area contributed by atoms with Gasteiger partial charge >= 0.3 is 0 Å². The number of hydrogen-bond donors (Lipinski definition) is 3. The number of nitrogens with one attached hydrogen (secondary N) is 2. The normalized spacial score (nSPS) is 19.3. The van der Waals surface area contributed by atoms with Gasteiger partial charge in [0.25, 0.3) is 5.91 Å². The monoisotopic (exact) mass is 437 g/mol. The van der Waals surface area contributed by atoms with Gasteiger partial charge in [0, 0.05) is 28.0 Å². The number of likely N-dealkylation sites (N-methyl/N-ethyl adjacent to an activating group) is 1.